The van der Waals surface area contributed by atoms with Crippen LogP contribution in [0.3, 0.4) is 0 Å². The largest absolute Gasteiger partial charge is 0.493 e. The van der Waals surface area contributed by atoms with E-state index in [1.165, 1.54) is 17.3 Å². The lowest BCUT2D eigenvalue weighted by atomic mass is 9.87. The number of ether oxygens (including phenoxy) is 3. The van der Waals surface area contributed by atoms with Gasteiger partial charge in [-0.1, -0.05) is 30.8 Å². The maximum absolute atomic E-state index is 6.44. The molecule has 3 nitrogen and oxygen atoms in total. The van der Waals surface area contributed by atoms with E-state index in [0.717, 1.165) is 29.9 Å². The molecule has 1 aromatic carbocycles. The van der Waals surface area contributed by atoms with Gasteiger partial charge in [-0.15, -0.1) is 0 Å². The normalized spacial score (nSPS) is 23.0. The highest BCUT2D eigenvalue weighted by molar-refractivity contribution is 8.22. The van der Waals surface area contributed by atoms with E-state index in [1.807, 2.05) is 13.2 Å². The smallest absolute Gasteiger partial charge is 0.220 e. The van der Waals surface area contributed by atoms with Gasteiger partial charge in [-0.25, -0.2) is 0 Å². The van der Waals surface area contributed by atoms with Gasteiger partial charge in [0, 0.05) is 5.56 Å². The Morgan fingerprint density at radius 2 is 2.04 bits per heavy atom. The number of hydrogen-bond donors (Lipinski definition) is 0. The van der Waals surface area contributed by atoms with Crippen LogP contribution in [-0.2, 0) is 4.74 Å². The molecule has 1 aromatic rings. The lowest BCUT2D eigenvalue weighted by Crippen LogP contribution is -2.45. The van der Waals surface area contributed by atoms with Crippen LogP contribution in [0, 0.1) is 6.92 Å². The molecule has 0 amide bonds. The summed E-state index contributed by atoms with van der Waals surface area (Å²) in [5.41, 5.74) is 1.79. The Balaban J connectivity index is 2.44. The molecule has 0 fully saturated rings. The molecule has 1 aliphatic heterocycles. The van der Waals surface area contributed by atoms with E-state index in [9.17, 15) is 0 Å². The molecular weight excluding hydrogens is 328 g/mol. The summed E-state index contributed by atoms with van der Waals surface area (Å²) in [5.74, 6) is 2.04. The second-order valence-corrected chi connectivity index (χ2v) is 7.99. The number of benzene rings is 1. The SMILES string of the molecule is COc1c(C)ccc2c1OC(C)(C)[C@H](OC(=S)SC)CC[C@@H]2C. The zero-order valence-corrected chi connectivity index (χ0v) is 16.4. The lowest BCUT2D eigenvalue weighted by Gasteiger charge is -2.39. The van der Waals surface area contributed by atoms with E-state index in [1.54, 1.807) is 7.11 Å². The highest BCUT2D eigenvalue weighted by Gasteiger charge is 2.38. The predicted molar refractivity (Wildman–Crippen MR) is 101 cm³/mol. The van der Waals surface area contributed by atoms with Crippen LogP contribution >= 0.6 is 24.0 Å². The highest BCUT2D eigenvalue weighted by atomic mass is 32.2. The van der Waals surface area contributed by atoms with Crippen molar-refractivity contribution >= 4 is 28.4 Å². The summed E-state index contributed by atoms with van der Waals surface area (Å²) in [6.45, 7) is 8.37. The summed E-state index contributed by atoms with van der Waals surface area (Å²) >= 11 is 6.71. The topological polar surface area (TPSA) is 27.7 Å². The fourth-order valence-electron chi connectivity index (χ4n) is 3.02. The second kappa shape index (κ2) is 7.31. The van der Waals surface area contributed by atoms with Crippen molar-refractivity contribution in [2.45, 2.75) is 58.2 Å². The van der Waals surface area contributed by atoms with Gasteiger partial charge < -0.3 is 14.2 Å². The minimum Gasteiger partial charge on any atom is -0.493 e. The zero-order valence-electron chi connectivity index (χ0n) is 14.8. The molecule has 5 heteroatoms. The first-order valence-electron chi connectivity index (χ1n) is 7.91. The number of fused-ring (bicyclic) bond motifs is 1. The van der Waals surface area contributed by atoms with Crippen molar-refractivity contribution in [1.82, 2.24) is 0 Å². The van der Waals surface area contributed by atoms with E-state index < -0.39 is 5.60 Å². The van der Waals surface area contributed by atoms with Gasteiger partial charge in [-0.3, -0.25) is 0 Å². The maximum Gasteiger partial charge on any atom is 0.220 e. The van der Waals surface area contributed by atoms with Crippen molar-refractivity contribution in [3.8, 4) is 11.5 Å². The average Bonchev–Trinajstić information content (AvgIpc) is 2.49. The van der Waals surface area contributed by atoms with Crippen molar-refractivity contribution in [2.24, 2.45) is 0 Å². The molecule has 0 radical (unpaired) electrons. The van der Waals surface area contributed by atoms with E-state index in [2.05, 4.69) is 32.9 Å². The third kappa shape index (κ3) is 3.94. The van der Waals surface area contributed by atoms with Crippen molar-refractivity contribution in [2.75, 3.05) is 13.4 Å². The molecule has 0 spiro atoms. The number of aryl methyl sites for hydroxylation is 1. The highest BCUT2D eigenvalue weighted by Crippen LogP contribution is 2.44. The van der Waals surface area contributed by atoms with Crippen LogP contribution in [0.4, 0.5) is 0 Å². The second-order valence-electron chi connectivity index (χ2n) is 6.58. The van der Waals surface area contributed by atoms with Gasteiger partial charge >= 0.3 is 0 Å². The number of thiocarbonyl (C=S) groups is 1. The third-order valence-corrected chi connectivity index (χ3v) is 5.51. The molecule has 0 unspecified atom stereocenters. The fourth-order valence-corrected chi connectivity index (χ4v) is 3.35. The Kier molecular flexibility index (Phi) is 5.84. The zero-order chi connectivity index (χ0) is 17.2. The first-order valence-corrected chi connectivity index (χ1v) is 9.54. The average molecular weight is 355 g/mol. The first-order chi connectivity index (χ1) is 10.8. The number of hydrogen-bond acceptors (Lipinski definition) is 5. The van der Waals surface area contributed by atoms with Gasteiger partial charge in [0.1, 0.15) is 11.7 Å². The van der Waals surface area contributed by atoms with Crippen LogP contribution < -0.4 is 9.47 Å². The van der Waals surface area contributed by atoms with Gasteiger partial charge in [0.2, 0.25) is 4.38 Å². The van der Waals surface area contributed by atoms with Crippen LogP contribution in [0.25, 0.3) is 0 Å². The van der Waals surface area contributed by atoms with Crippen molar-refractivity contribution in [1.29, 1.82) is 0 Å². The Hall–Kier alpha value is -0.940. The molecule has 1 aliphatic rings. The van der Waals surface area contributed by atoms with Crippen molar-refractivity contribution in [3.05, 3.63) is 23.3 Å². The monoisotopic (exact) mass is 354 g/mol. The Morgan fingerprint density at radius 1 is 1.35 bits per heavy atom. The van der Waals surface area contributed by atoms with Gasteiger partial charge in [0.05, 0.1) is 7.11 Å². The van der Waals surface area contributed by atoms with Gasteiger partial charge in [-0.05, 0) is 63.6 Å². The van der Waals surface area contributed by atoms with Crippen LogP contribution in [-0.4, -0.2) is 29.5 Å². The van der Waals surface area contributed by atoms with Crippen LogP contribution in [0.1, 0.15) is 50.7 Å². The maximum atomic E-state index is 6.44. The number of thioether (sulfide) groups is 1. The summed E-state index contributed by atoms with van der Waals surface area (Å²) in [6, 6.07) is 4.25. The van der Waals surface area contributed by atoms with E-state index in [0.29, 0.717) is 10.3 Å². The fraction of sp³-hybridized carbons (Fsp3) is 0.611. The molecular formula is C18H26O3S2. The summed E-state index contributed by atoms with van der Waals surface area (Å²) in [5, 5.41) is 0. The molecule has 0 aliphatic carbocycles. The van der Waals surface area contributed by atoms with Crippen molar-refractivity contribution < 1.29 is 14.2 Å². The van der Waals surface area contributed by atoms with Crippen molar-refractivity contribution in [3.63, 3.8) is 0 Å². The van der Waals surface area contributed by atoms with Crippen LogP contribution in [0.5, 0.6) is 11.5 Å². The minimum absolute atomic E-state index is 0.0803. The molecule has 2 rings (SSSR count). The minimum atomic E-state index is -0.490. The van der Waals surface area contributed by atoms with Crippen LogP contribution in [0.15, 0.2) is 12.1 Å². The number of rotatable bonds is 2. The third-order valence-electron chi connectivity index (χ3n) is 4.48. The Labute approximate surface area is 149 Å². The van der Waals surface area contributed by atoms with Crippen LogP contribution in [0.2, 0.25) is 0 Å². The molecule has 0 N–H and O–H groups in total. The van der Waals surface area contributed by atoms with Gasteiger partial charge in [0.25, 0.3) is 0 Å². The van der Waals surface area contributed by atoms with E-state index in [-0.39, 0.29) is 6.10 Å². The Morgan fingerprint density at radius 3 is 2.65 bits per heavy atom. The molecule has 23 heavy (non-hydrogen) atoms. The van der Waals surface area contributed by atoms with Gasteiger partial charge in [0.15, 0.2) is 11.5 Å². The summed E-state index contributed by atoms with van der Waals surface area (Å²) in [7, 11) is 1.69. The molecule has 0 saturated carbocycles. The summed E-state index contributed by atoms with van der Waals surface area (Å²) in [6.07, 6.45) is 3.78. The molecule has 0 aromatic heterocycles. The molecule has 128 valence electrons. The van der Waals surface area contributed by atoms with Gasteiger partial charge in [-0.2, -0.15) is 0 Å². The summed E-state index contributed by atoms with van der Waals surface area (Å²) < 4.78 is 18.6. The molecule has 0 saturated heterocycles. The molecule has 1 heterocycles. The predicted octanol–water partition coefficient (Wildman–Crippen LogP) is 5.09. The summed E-state index contributed by atoms with van der Waals surface area (Å²) in [4.78, 5) is 0. The quantitative estimate of drug-likeness (QED) is 0.690. The number of methoxy groups -OCH3 is 1. The van der Waals surface area contributed by atoms with E-state index >= 15 is 0 Å². The van der Waals surface area contributed by atoms with E-state index in [4.69, 9.17) is 26.4 Å². The molecule has 0 bridgehead atoms. The first kappa shape index (κ1) is 18.4. The Bertz CT molecular complexity index is 584. The standard InChI is InChI=1S/C18H26O3S2/c1-11-8-10-14(20-17(22)23-6)18(3,4)21-16-13(11)9-7-12(2)15(16)19-5/h7,9,11,14H,8,10H2,1-6H3/t11-,14+/m0/s1. The molecule has 2 atom stereocenters. The lowest BCUT2D eigenvalue weighted by molar-refractivity contribution is -0.0278.